The molecule has 0 fully saturated rings. The van der Waals surface area contributed by atoms with Crippen LogP contribution in [0.25, 0.3) is 0 Å². The smallest absolute Gasteiger partial charge is 0 e. The van der Waals surface area contributed by atoms with Crippen molar-refractivity contribution in [1.82, 2.24) is 0 Å². The first-order chi connectivity index (χ1) is 2.00. The Labute approximate surface area is 51.7 Å². The van der Waals surface area contributed by atoms with Gasteiger partial charge < -0.3 is 25.7 Å². The average Bonchev–Trinajstić information content (AvgIpc) is 1.50. The molecule has 0 aliphatic heterocycles. The van der Waals surface area contributed by atoms with E-state index in [1.165, 1.54) is 0 Å². The summed E-state index contributed by atoms with van der Waals surface area (Å²) in [5, 5.41) is 0. The van der Waals surface area contributed by atoms with E-state index in [0.717, 1.165) is 0 Å². The van der Waals surface area contributed by atoms with Crippen LogP contribution < -0.4 is 0 Å². The van der Waals surface area contributed by atoms with Crippen molar-refractivity contribution in [2.45, 2.75) is 0 Å². The molecule has 0 heterocycles. The zero-order chi connectivity index (χ0) is 4.00. The van der Waals surface area contributed by atoms with Gasteiger partial charge in [-0.3, -0.25) is 0 Å². The number of hydrogen-bond donors (Lipinski definition) is 0. The Morgan fingerprint density at radius 2 is 0.800 bits per heavy atom. The molecule has 0 aliphatic rings. The van der Waals surface area contributed by atoms with Gasteiger partial charge in [0.05, 0.1) is 0 Å². The van der Waals surface area contributed by atoms with Crippen LogP contribution >= 0.6 is 0 Å². The van der Waals surface area contributed by atoms with Crippen molar-refractivity contribution in [3.05, 3.63) is 12.8 Å². The van der Waals surface area contributed by atoms with Crippen LogP contribution in [0.4, 0.5) is 0 Å². The van der Waals surface area contributed by atoms with Crippen molar-refractivity contribution >= 4 is 0 Å². The molecule has 0 aromatic carbocycles. The molecule has 0 N–H and O–H groups in total. The summed E-state index contributed by atoms with van der Waals surface area (Å²) in [6.45, 7) is 0. The van der Waals surface area contributed by atoms with Crippen molar-refractivity contribution in [3.8, 4) is 12.8 Å². The fourth-order valence-corrected chi connectivity index (χ4v) is 0. The molecular weight excluding hydrogens is 93.0 g/mol. The van der Waals surface area contributed by atoms with Crippen LogP contribution in [0, 0.1) is 25.7 Å². The first-order valence-corrected chi connectivity index (χ1v) is 0.577. The molecule has 0 aromatic rings. The third kappa shape index (κ3) is 162000. The van der Waals surface area contributed by atoms with E-state index in [-0.39, 0.29) is 25.8 Å². The summed E-state index contributed by atoms with van der Waals surface area (Å²) < 4.78 is 0. The van der Waals surface area contributed by atoms with E-state index in [9.17, 15) is 0 Å². The minimum atomic E-state index is 0. The molecule has 0 spiro atoms. The maximum absolute atomic E-state index is 5.25. The fraction of sp³-hybridized carbons (Fsp3) is 0. The fourth-order valence-electron chi connectivity index (χ4n) is 0. The van der Waals surface area contributed by atoms with Crippen LogP contribution in [0.1, 0.15) is 0 Å². The van der Waals surface area contributed by atoms with Crippen LogP contribution in [0.15, 0.2) is 0 Å². The minimum Gasteiger partial charge on any atom is -0.697 e. The van der Waals surface area contributed by atoms with E-state index in [1.807, 2.05) is 0 Å². The van der Waals surface area contributed by atoms with Gasteiger partial charge in [0.15, 0.2) is 0 Å². The van der Waals surface area contributed by atoms with Gasteiger partial charge in [-0.15, -0.1) is 0 Å². The summed E-state index contributed by atoms with van der Waals surface area (Å²) in [7, 11) is 0. The molecular formula is C4H2Sc-2. The van der Waals surface area contributed by atoms with Gasteiger partial charge in [-0.1, -0.05) is 0 Å². The van der Waals surface area contributed by atoms with E-state index >= 15 is 0 Å². The average molecular weight is 95.0 g/mol. The maximum Gasteiger partial charge on any atom is 0 e. The van der Waals surface area contributed by atoms with Gasteiger partial charge in [0.2, 0.25) is 0 Å². The number of rotatable bonds is 0. The van der Waals surface area contributed by atoms with E-state index in [1.54, 1.807) is 0 Å². The van der Waals surface area contributed by atoms with E-state index in [2.05, 4.69) is 12.8 Å². The Kier molecular flexibility index (Phi) is 1470000. The van der Waals surface area contributed by atoms with Crippen molar-refractivity contribution in [1.29, 1.82) is 0 Å². The van der Waals surface area contributed by atoms with E-state index < -0.39 is 0 Å². The van der Waals surface area contributed by atoms with Gasteiger partial charge in [-0.2, -0.15) is 0 Å². The standard InChI is InChI=1S/2C2H.Sc/c2*1-2;/h2*1H;/q2*-1;. The van der Waals surface area contributed by atoms with Crippen LogP contribution in [0.3, 0.4) is 0 Å². The SMILES string of the molecule is [C-]#C.[C-]#C.[Sc]. The third-order valence-electron chi connectivity index (χ3n) is 0. The Bertz CT molecular complexity index is 19.1. The van der Waals surface area contributed by atoms with E-state index in [4.69, 9.17) is 12.8 Å². The molecule has 1 radical (unpaired) electrons. The molecule has 0 amide bonds. The molecule has 0 rings (SSSR count). The first-order valence-electron chi connectivity index (χ1n) is 0.577. The number of hydrogen-bond acceptors (Lipinski definition) is 0. The van der Waals surface area contributed by atoms with Gasteiger partial charge in [0.25, 0.3) is 0 Å². The molecule has 1 heteroatoms. The Morgan fingerprint density at radius 1 is 0.800 bits per heavy atom. The predicted molar refractivity (Wildman–Crippen MR) is 16.4 cm³/mol. The van der Waals surface area contributed by atoms with Gasteiger partial charge in [-0.25, -0.2) is 0 Å². The Morgan fingerprint density at radius 3 is 0.800 bits per heavy atom. The first kappa shape index (κ1) is 20.1. The largest absolute Gasteiger partial charge is 0.697 e. The van der Waals surface area contributed by atoms with Crippen molar-refractivity contribution < 1.29 is 25.8 Å². The summed E-state index contributed by atoms with van der Waals surface area (Å²) in [6, 6.07) is 0. The third-order valence-corrected chi connectivity index (χ3v) is 0. The van der Waals surface area contributed by atoms with Crippen LogP contribution in [-0.2, 0) is 25.8 Å². The molecule has 0 unspecified atom stereocenters. The number of terminal acetylenes is 2. The predicted octanol–water partition coefficient (Wildman–Crippen LogP) is 0.409. The molecule has 0 aliphatic carbocycles. The van der Waals surface area contributed by atoms with E-state index in [0.29, 0.717) is 0 Å². The Hall–Kier alpha value is -0.00987. The molecule has 0 nitrogen and oxygen atoms in total. The summed E-state index contributed by atoms with van der Waals surface area (Å²) >= 11 is 0. The second-order valence-corrected chi connectivity index (χ2v) is 0. The molecule has 0 bridgehead atoms. The minimum absolute atomic E-state index is 0. The normalized spacial score (nSPS) is 0.800. The van der Waals surface area contributed by atoms with Gasteiger partial charge in [0.1, 0.15) is 0 Å². The van der Waals surface area contributed by atoms with Crippen LogP contribution in [0.5, 0.6) is 0 Å². The molecule has 0 saturated carbocycles. The molecule has 0 aromatic heterocycles. The monoisotopic (exact) mass is 95.0 g/mol. The molecule has 0 saturated heterocycles. The molecule has 23 valence electrons. The zero-order valence-electron chi connectivity index (χ0n) is 2.73. The van der Waals surface area contributed by atoms with Crippen molar-refractivity contribution in [3.63, 3.8) is 0 Å². The summed E-state index contributed by atoms with van der Waals surface area (Å²) in [5.74, 6) is 0. The van der Waals surface area contributed by atoms with Gasteiger partial charge >= 0.3 is 0 Å². The summed E-state index contributed by atoms with van der Waals surface area (Å²) in [6.07, 6.45) is 18.0. The van der Waals surface area contributed by atoms with Gasteiger partial charge in [-0.05, 0) is 0 Å². The van der Waals surface area contributed by atoms with Crippen molar-refractivity contribution in [2.24, 2.45) is 0 Å². The Balaban J connectivity index is -0.0000000133. The second kappa shape index (κ2) is 366000. The topological polar surface area (TPSA) is 0 Å². The maximum atomic E-state index is 5.25. The molecule has 5 heavy (non-hydrogen) atoms. The van der Waals surface area contributed by atoms with Crippen molar-refractivity contribution in [2.75, 3.05) is 0 Å². The summed E-state index contributed by atoms with van der Waals surface area (Å²) in [5.41, 5.74) is 0. The van der Waals surface area contributed by atoms with Crippen LogP contribution in [0.2, 0.25) is 0 Å². The van der Waals surface area contributed by atoms with Crippen LogP contribution in [-0.4, -0.2) is 0 Å². The second-order valence-electron chi connectivity index (χ2n) is 0. The molecule has 0 atom stereocenters. The van der Waals surface area contributed by atoms with Gasteiger partial charge in [0, 0.05) is 25.8 Å². The zero-order valence-corrected chi connectivity index (χ0v) is 4.54. The quantitative estimate of drug-likeness (QED) is 0.302. The summed E-state index contributed by atoms with van der Waals surface area (Å²) in [4.78, 5) is 0.